The fourth-order valence-electron chi connectivity index (χ4n) is 3.45. The minimum atomic E-state index is -0.380. The molecular weight excluding hydrogens is 396 g/mol. The zero-order chi connectivity index (χ0) is 21.2. The van der Waals surface area contributed by atoms with E-state index in [1.165, 1.54) is 0 Å². The summed E-state index contributed by atoms with van der Waals surface area (Å²) in [5, 5.41) is 6.67. The molecular formula is C22H18N6O3. The lowest BCUT2D eigenvalue weighted by atomic mass is 10.2. The molecule has 0 saturated heterocycles. The van der Waals surface area contributed by atoms with Crippen molar-refractivity contribution in [3.05, 3.63) is 72.9 Å². The summed E-state index contributed by atoms with van der Waals surface area (Å²) in [6, 6.07) is 12.4. The highest BCUT2D eigenvalue weighted by Gasteiger charge is 2.26. The summed E-state index contributed by atoms with van der Waals surface area (Å²) < 4.78 is 5.58. The molecule has 3 heterocycles. The Morgan fingerprint density at radius 2 is 1.94 bits per heavy atom. The molecule has 0 aliphatic carbocycles. The van der Waals surface area contributed by atoms with E-state index in [0.29, 0.717) is 28.5 Å². The minimum Gasteiger partial charge on any atom is -0.481 e. The fourth-order valence-corrected chi connectivity index (χ4v) is 3.45. The Morgan fingerprint density at radius 3 is 2.77 bits per heavy atom. The van der Waals surface area contributed by atoms with Gasteiger partial charge in [-0.3, -0.25) is 19.7 Å². The Balaban J connectivity index is 1.31. The van der Waals surface area contributed by atoms with Gasteiger partial charge < -0.3 is 20.4 Å². The van der Waals surface area contributed by atoms with Crippen LogP contribution >= 0.6 is 0 Å². The molecule has 9 heteroatoms. The number of amides is 3. The first-order chi connectivity index (χ1) is 15.2. The van der Waals surface area contributed by atoms with Crippen LogP contribution in [0.2, 0.25) is 0 Å². The number of anilines is 3. The van der Waals surface area contributed by atoms with Crippen molar-refractivity contribution in [3.63, 3.8) is 0 Å². The summed E-state index contributed by atoms with van der Waals surface area (Å²) >= 11 is 0. The maximum Gasteiger partial charge on any atom is 0.323 e. The van der Waals surface area contributed by atoms with E-state index in [2.05, 4.69) is 25.6 Å². The second-order valence-electron chi connectivity index (χ2n) is 7.01. The van der Waals surface area contributed by atoms with Crippen molar-refractivity contribution in [1.82, 2.24) is 15.0 Å². The number of carbonyl (C=O) groups excluding carboxylic acids is 2. The van der Waals surface area contributed by atoms with Crippen LogP contribution in [-0.2, 0) is 11.3 Å². The molecule has 0 unspecified atom stereocenters. The monoisotopic (exact) mass is 414 g/mol. The number of fused-ring (bicyclic) bond motifs is 2. The smallest absolute Gasteiger partial charge is 0.323 e. The van der Waals surface area contributed by atoms with Gasteiger partial charge in [-0.25, -0.2) is 4.79 Å². The van der Waals surface area contributed by atoms with E-state index < -0.39 is 0 Å². The summed E-state index contributed by atoms with van der Waals surface area (Å²) in [7, 11) is 0. The first kappa shape index (κ1) is 18.6. The summed E-state index contributed by atoms with van der Waals surface area (Å²) in [6.07, 6.45) is 6.63. The highest BCUT2D eigenvalue weighted by atomic mass is 16.5. The van der Waals surface area contributed by atoms with E-state index in [1.54, 1.807) is 41.7 Å². The number of H-pyrrole nitrogens is 1. The molecule has 3 N–H and O–H groups in total. The van der Waals surface area contributed by atoms with Crippen LogP contribution in [0.5, 0.6) is 5.75 Å². The van der Waals surface area contributed by atoms with Gasteiger partial charge in [0.2, 0.25) is 0 Å². The normalized spacial score (nSPS) is 12.9. The van der Waals surface area contributed by atoms with Gasteiger partial charge in [-0.2, -0.15) is 0 Å². The molecule has 1 aliphatic rings. The Bertz CT molecular complexity index is 1270. The van der Waals surface area contributed by atoms with E-state index in [4.69, 9.17) is 4.74 Å². The largest absolute Gasteiger partial charge is 0.481 e. The van der Waals surface area contributed by atoms with Gasteiger partial charge in [-0.05, 0) is 35.7 Å². The van der Waals surface area contributed by atoms with E-state index in [0.717, 1.165) is 10.9 Å². The lowest BCUT2D eigenvalue weighted by molar-refractivity contribution is -0.121. The summed E-state index contributed by atoms with van der Waals surface area (Å²) in [5.74, 6) is 0.338. The van der Waals surface area contributed by atoms with Crippen molar-refractivity contribution in [1.29, 1.82) is 0 Å². The molecule has 0 saturated carbocycles. The Morgan fingerprint density at radius 1 is 1.10 bits per heavy atom. The molecule has 0 spiro atoms. The van der Waals surface area contributed by atoms with Crippen molar-refractivity contribution in [3.8, 4) is 5.75 Å². The first-order valence-corrected chi connectivity index (χ1v) is 9.63. The summed E-state index contributed by atoms with van der Waals surface area (Å²) in [5.41, 5.74) is 3.44. The number of nitrogens with zero attached hydrogens (tertiary/aromatic N) is 3. The zero-order valence-corrected chi connectivity index (χ0v) is 16.3. The number of aromatic nitrogens is 3. The van der Waals surface area contributed by atoms with Gasteiger partial charge in [-0.15, -0.1) is 0 Å². The molecule has 31 heavy (non-hydrogen) atoms. The first-order valence-electron chi connectivity index (χ1n) is 9.63. The van der Waals surface area contributed by atoms with E-state index in [1.807, 2.05) is 30.5 Å². The molecule has 9 nitrogen and oxygen atoms in total. The van der Waals surface area contributed by atoms with Crippen molar-refractivity contribution in [2.75, 3.05) is 22.1 Å². The van der Waals surface area contributed by atoms with Gasteiger partial charge >= 0.3 is 6.03 Å². The van der Waals surface area contributed by atoms with E-state index in [-0.39, 0.29) is 25.1 Å². The maximum atomic E-state index is 12.4. The lowest BCUT2D eigenvalue weighted by Gasteiger charge is -2.29. The average molecular weight is 414 g/mol. The van der Waals surface area contributed by atoms with Gasteiger partial charge in [0.25, 0.3) is 5.91 Å². The van der Waals surface area contributed by atoms with Crippen LogP contribution in [-0.4, -0.2) is 33.5 Å². The van der Waals surface area contributed by atoms with E-state index >= 15 is 0 Å². The SMILES string of the molecule is O=C(Nc1ccc2c(c1)OCC(=O)N2Cc1cnccn1)Nc1ccc2cc[nH]c2c1. The van der Waals surface area contributed by atoms with Crippen LogP contribution in [0.3, 0.4) is 0 Å². The number of benzene rings is 2. The predicted octanol–water partition coefficient (Wildman–Crippen LogP) is 3.53. The minimum absolute atomic E-state index is 0.0843. The molecule has 0 bridgehead atoms. The second kappa shape index (κ2) is 7.79. The highest BCUT2D eigenvalue weighted by molar-refractivity contribution is 6.02. The molecule has 2 aromatic heterocycles. The second-order valence-corrected chi connectivity index (χ2v) is 7.01. The molecule has 0 atom stereocenters. The number of rotatable bonds is 4. The fraction of sp³-hybridized carbons (Fsp3) is 0.0909. The third-order valence-corrected chi connectivity index (χ3v) is 4.91. The molecule has 2 aromatic carbocycles. The average Bonchev–Trinajstić information content (AvgIpc) is 3.24. The number of aromatic amines is 1. The van der Waals surface area contributed by atoms with Crippen molar-refractivity contribution in [2.45, 2.75) is 6.54 Å². The molecule has 1 aliphatic heterocycles. The topological polar surface area (TPSA) is 112 Å². The summed E-state index contributed by atoms with van der Waals surface area (Å²) in [6.45, 7) is 0.205. The van der Waals surface area contributed by atoms with Gasteiger partial charge in [0.05, 0.1) is 24.1 Å². The third-order valence-electron chi connectivity index (χ3n) is 4.91. The number of carbonyl (C=O) groups is 2. The van der Waals surface area contributed by atoms with Gasteiger partial charge in [0.15, 0.2) is 6.61 Å². The van der Waals surface area contributed by atoms with Crippen LogP contribution < -0.4 is 20.3 Å². The molecule has 4 aromatic rings. The number of ether oxygens (including phenoxy) is 1. The number of urea groups is 1. The maximum absolute atomic E-state index is 12.4. The Kier molecular flexibility index (Phi) is 4.68. The highest BCUT2D eigenvalue weighted by Crippen LogP contribution is 2.35. The predicted molar refractivity (Wildman–Crippen MR) is 116 cm³/mol. The Hall–Kier alpha value is -4.40. The van der Waals surface area contributed by atoms with Gasteiger partial charge in [-0.1, -0.05) is 6.07 Å². The van der Waals surface area contributed by atoms with Crippen LogP contribution in [0.4, 0.5) is 21.9 Å². The molecule has 0 fully saturated rings. The number of hydrogen-bond donors (Lipinski definition) is 3. The van der Waals surface area contributed by atoms with Gasteiger partial charge in [0, 0.05) is 41.5 Å². The zero-order valence-electron chi connectivity index (χ0n) is 16.3. The molecule has 3 amide bonds. The van der Waals surface area contributed by atoms with Crippen LogP contribution in [0.1, 0.15) is 5.69 Å². The molecule has 154 valence electrons. The lowest BCUT2D eigenvalue weighted by Crippen LogP contribution is -2.38. The van der Waals surface area contributed by atoms with Crippen LogP contribution in [0.15, 0.2) is 67.3 Å². The van der Waals surface area contributed by atoms with Crippen LogP contribution in [0.25, 0.3) is 10.9 Å². The summed E-state index contributed by atoms with van der Waals surface area (Å²) in [4.78, 5) is 37.8. The van der Waals surface area contributed by atoms with Gasteiger partial charge in [0.1, 0.15) is 5.75 Å². The van der Waals surface area contributed by atoms with Crippen molar-refractivity contribution in [2.24, 2.45) is 0 Å². The number of nitrogens with one attached hydrogen (secondary N) is 3. The molecule has 5 rings (SSSR count). The third kappa shape index (κ3) is 3.88. The van der Waals surface area contributed by atoms with Crippen molar-refractivity contribution < 1.29 is 14.3 Å². The van der Waals surface area contributed by atoms with Crippen molar-refractivity contribution >= 4 is 39.9 Å². The quantitative estimate of drug-likeness (QED) is 0.473. The standard InChI is InChI=1S/C22H18N6O3/c29-21-13-31-20-10-16(3-4-19(20)28(21)12-17-11-23-7-8-24-17)27-22(30)26-15-2-1-14-5-6-25-18(14)9-15/h1-11,25H,12-13H2,(H2,26,27,30). The molecule has 0 radical (unpaired) electrons. The van der Waals surface area contributed by atoms with Crippen LogP contribution in [0, 0.1) is 0 Å². The van der Waals surface area contributed by atoms with E-state index in [9.17, 15) is 9.59 Å². The number of hydrogen-bond acceptors (Lipinski definition) is 5. The Labute approximate surface area is 177 Å².